The molecule has 0 spiro atoms. The number of carboxylic acids is 1. The summed E-state index contributed by atoms with van der Waals surface area (Å²) in [5.74, 6) is -1.14. The van der Waals surface area contributed by atoms with Crippen LogP contribution in [0.1, 0.15) is 18.5 Å². The fourth-order valence-corrected chi connectivity index (χ4v) is 1.86. The van der Waals surface area contributed by atoms with Gasteiger partial charge in [0.05, 0.1) is 12.6 Å². The molecule has 6 nitrogen and oxygen atoms in total. The molecule has 21 heavy (non-hydrogen) atoms. The highest BCUT2D eigenvalue weighted by atomic mass is 35.5. The molecule has 0 saturated carbocycles. The summed E-state index contributed by atoms with van der Waals surface area (Å²) in [6, 6.07) is 5.33. The van der Waals surface area contributed by atoms with Gasteiger partial charge < -0.3 is 20.1 Å². The first kappa shape index (κ1) is 17.3. The van der Waals surface area contributed by atoms with Gasteiger partial charge in [-0.3, -0.25) is 0 Å². The van der Waals surface area contributed by atoms with Crippen molar-refractivity contribution in [3.8, 4) is 0 Å². The zero-order valence-corrected chi connectivity index (χ0v) is 12.9. The van der Waals surface area contributed by atoms with Crippen LogP contribution in [0.2, 0.25) is 5.02 Å². The molecule has 0 heterocycles. The number of benzene rings is 1. The predicted octanol–water partition coefficient (Wildman–Crippen LogP) is 2.14. The van der Waals surface area contributed by atoms with E-state index in [9.17, 15) is 9.59 Å². The van der Waals surface area contributed by atoms with Crippen molar-refractivity contribution in [1.29, 1.82) is 0 Å². The number of aliphatic carboxylic acids is 1. The number of carbonyl (C=O) groups excluding carboxylic acids is 1. The molecule has 1 aromatic carbocycles. The molecule has 0 saturated heterocycles. The van der Waals surface area contributed by atoms with Crippen LogP contribution in [0.4, 0.5) is 4.79 Å². The molecule has 0 aliphatic heterocycles. The Hall–Kier alpha value is -1.79. The lowest BCUT2D eigenvalue weighted by atomic mass is 10.1. The zero-order valence-electron chi connectivity index (χ0n) is 12.2. The molecule has 1 rings (SSSR count). The Morgan fingerprint density at radius 1 is 1.38 bits per heavy atom. The number of halogens is 1. The Labute approximate surface area is 128 Å². The third-order valence-corrected chi connectivity index (χ3v) is 3.43. The molecule has 7 heteroatoms. The molecule has 0 radical (unpaired) electrons. The van der Waals surface area contributed by atoms with Crippen LogP contribution >= 0.6 is 11.6 Å². The van der Waals surface area contributed by atoms with Crippen molar-refractivity contribution in [1.82, 2.24) is 10.2 Å². The number of methoxy groups -OCH3 is 1. The number of amides is 2. The fraction of sp³-hybridized carbons (Fsp3) is 0.429. The molecular formula is C14H19ClN2O4. The van der Waals surface area contributed by atoms with Crippen molar-refractivity contribution < 1.29 is 19.4 Å². The van der Waals surface area contributed by atoms with Gasteiger partial charge in [0, 0.05) is 19.2 Å². The second-order valence-corrected chi connectivity index (χ2v) is 5.07. The number of carboxylic acid groups (broad SMARTS) is 1. The molecule has 116 valence electrons. The van der Waals surface area contributed by atoms with Gasteiger partial charge in [0.2, 0.25) is 0 Å². The number of urea groups is 1. The van der Waals surface area contributed by atoms with Crippen LogP contribution in [-0.2, 0) is 9.53 Å². The average Bonchev–Trinajstić information content (AvgIpc) is 2.45. The van der Waals surface area contributed by atoms with E-state index in [1.54, 1.807) is 19.2 Å². The molecule has 2 unspecified atom stereocenters. The lowest BCUT2D eigenvalue weighted by Gasteiger charge is -2.27. The Morgan fingerprint density at radius 3 is 2.43 bits per heavy atom. The van der Waals surface area contributed by atoms with Crippen molar-refractivity contribution in [2.45, 2.75) is 19.0 Å². The summed E-state index contributed by atoms with van der Waals surface area (Å²) in [7, 11) is 2.97. The number of hydrogen-bond acceptors (Lipinski definition) is 3. The van der Waals surface area contributed by atoms with Crippen molar-refractivity contribution in [2.75, 3.05) is 20.8 Å². The fourth-order valence-electron chi connectivity index (χ4n) is 1.73. The molecule has 2 atom stereocenters. The summed E-state index contributed by atoms with van der Waals surface area (Å²) in [5, 5.41) is 12.0. The van der Waals surface area contributed by atoms with Gasteiger partial charge in [0.15, 0.2) is 6.04 Å². The van der Waals surface area contributed by atoms with Gasteiger partial charge in [0.25, 0.3) is 0 Å². The lowest BCUT2D eigenvalue weighted by molar-refractivity contribution is -0.140. The van der Waals surface area contributed by atoms with E-state index in [0.717, 1.165) is 5.56 Å². The molecule has 2 N–H and O–H groups in total. The first-order valence-corrected chi connectivity index (χ1v) is 6.75. The van der Waals surface area contributed by atoms with Crippen molar-refractivity contribution in [3.05, 3.63) is 34.9 Å². The maximum Gasteiger partial charge on any atom is 0.328 e. The van der Waals surface area contributed by atoms with Crippen molar-refractivity contribution in [3.63, 3.8) is 0 Å². The number of carbonyl (C=O) groups is 2. The second-order valence-electron chi connectivity index (χ2n) is 4.63. The summed E-state index contributed by atoms with van der Waals surface area (Å²) >= 11 is 5.82. The van der Waals surface area contributed by atoms with Crippen LogP contribution in [0, 0.1) is 0 Å². The molecule has 1 aromatic rings. The smallest absolute Gasteiger partial charge is 0.328 e. The highest BCUT2D eigenvalue weighted by Gasteiger charge is 2.24. The summed E-state index contributed by atoms with van der Waals surface area (Å²) in [6.45, 7) is 1.75. The van der Waals surface area contributed by atoms with E-state index in [0.29, 0.717) is 5.02 Å². The minimum absolute atomic E-state index is 0.0930. The van der Waals surface area contributed by atoms with E-state index in [4.69, 9.17) is 21.4 Å². The maximum atomic E-state index is 12.1. The van der Waals surface area contributed by atoms with Crippen molar-refractivity contribution >= 4 is 23.6 Å². The van der Waals surface area contributed by atoms with Crippen LogP contribution in [-0.4, -0.2) is 48.8 Å². The predicted molar refractivity (Wildman–Crippen MR) is 79.5 cm³/mol. The highest BCUT2D eigenvalue weighted by molar-refractivity contribution is 6.30. The van der Waals surface area contributed by atoms with Gasteiger partial charge in [-0.2, -0.15) is 0 Å². The highest BCUT2D eigenvalue weighted by Crippen LogP contribution is 2.20. The zero-order chi connectivity index (χ0) is 16.0. The first-order chi connectivity index (χ1) is 9.86. The molecule has 0 aliphatic carbocycles. The normalized spacial score (nSPS) is 13.3. The third-order valence-electron chi connectivity index (χ3n) is 3.18. The summed E-state index contributed by atoms with van der Waals surface area (Å²) in [4.78, 5) is 24.5. The minimum atomic E-state index is -1.14. The Balaban J connectivity index is 2.72. The van der Waals surface area contributed by atoms with Crippen LogP contribution in [0.5, 0.6) is 0 Å². The summed E-state index contributed by atoms with van der Waals surface area (Å²) in [5.41, 5.74) is 0.899. The lowest BCUT2D eigenvalue weighted by Crippen LogP contribution is -2.49. The standard InChI is InChI=1S/C14H19ClN2O4/c1-9(10-4-6-11(15)7-5-10)17(2)14(20)16-12(8-21-3)13(18)19/h4-7,9,12H,8H2,1-3H3,(H,16,20)(H,18,19). The van der Waals surface area contributed by atoms with Gasteiger partial charge >= 0.3 is 12.0 Å². The number of rotatable bonds is 6. The van der Waals surface area contributed by atoms with Gasteiger partial charge in [-0.15, -0.1) is 0 Å². The second kappa shape index (κ2) is 7.85. The average molecular weight is 315 g/mol. The molecule has 0 fully saturated rings. The van der Waals surface area contributed by atoms with Gasteiger partial charge in [-0.05, 0) is 24.6 Å². The van der Waals surface area contributed by atoms with Crippen molar-refractivity contribution in [2.24, 2.45) is 0 Å². The monoisotopic (exact) mass is 314 g/mol. The SMILES string of the molecule is COCC(NC(=O)N(C)C(C)c1ccc(Cl)cc1)C(=O)O. The quantitative estimate of drug-likeness (QED) is 0.843. The molecule has 0 aliphatic rings. The molecule has 0 bridgehead atoms. The third kappa shape index (κ3) is 4.91. The number of nitrogens with one attached hydrogen (secondary N) is 1. The van der Waals surface area contributed by atoms with E-state index < -0.39 is 18.0 Å². The Kier molecular flexibility index (Phi) is 6.45. The van der Waals surface area contributed by atoms with E-state index in [2.05, 4.69) is 5.32 Å². The Morgan fingerprint density at radius 2 is 1.95 bits per heavy atom. The van der Waals surface area contributed by atoms with E-state index in [1.807, 2.05) is 19.1 Å². The van der Waals surface area contributed by atoms with Gasteiger partial charge in [0.1, 0.15) is 0 Å². The number of ether oxygens (including phenoxy) is 1. The van der Waals surface area contributed by atoms with Crippen LogP contribution in [0.25, 0.3) is 0 Å². The molecule has 0 aromatic heterocycles. The molecular weight excluding hydrogens is 296 g/mol. The van der Waals surface area contributed by atoms with E-state index in [-0.39, 0.29) is 12.6 Å². The van der Waals surface area contributed by atoms with Crippen LogP contribution in [0.3, 0.4) is 0 Å². The van der Waals surface area contributed by atoms with E-state index >= 15 is 0 Å². The number of hydrogen-bond donors (Lipinski definition) is 2. The summed E-state index contributed by atoms with van der Waals surface area (Å²) in [6.07, 6.45) is 0. The maximum absolute atomic E-state index is 12.1. The molecule has 2 amide bonds. The number of nitrogens with zero attached hydrogens (tertiary/aromatic N) is 1. The van der Waals surface area contributed by atoms with Gasteiger partial charge in [-0.25, -0.2) is 9.59 Å². The topological polar surface area (TPSA) is 78.9 Å². The first-order valence-electron chi connectivity index (χ1n) is 6.37. The summed E-state index contributed by atoms with van der Waals surface area (Å²) < 4.78 is 4.78. The minimum Gasteiger partial charge on any atom is -0.480 e. The van der Waals surface area contributed by atoms with Crippen LogP contribution in [0.15, 0.2) is 24.3 Å². The Bertz CT molecular complexity index is 492. The van der Waals surface area contributed by atoms with Crippen LogP contribution < -0.4 is 5.32 Å². The van der Waals surface area contributed by atoms with Gasteiger partial charge in [-0.1, -0.05) is 23.7 Å². The largest absolute Gasteiger partial charge is 0.480 e. The van der Waals surface area contributed by atoms with E-state index in [1.165, 1.54) is 12.0 Å².